The highest BCUT2D eigenvalue weighted by atomic mass is 35.5. The lowest BCUT2D eigenvalue weighted by atomic mass is 10.2. The van der Waals surface area contributed by atoms with Crippen molar-refractivity contribution < 1.29 is 9.13 Å². The number of benzene rings is 2. The van der Waals surface area contributed by atoms with Crippen molar-refractivity contribution in [1.29, 1.82) is 0 Å². The lowest BCUT2D eigenvalue weighted by Gasteiger charge is -2.12. The molecular weight excluding hydrogens is 371 g/mol. The molecule has 1 heterocycles. The number of nitrogen functional groups attached to an aromatic ring is 1. The third-order valence-corrected chi connectivity index (χ3v) is 3.80. The van der Waals surface area contributed by atoms with E-state index >= 15 is 0 Å². The molecule has 0 amide bonds. The molecule has 0 aliphatic carbocycles. The van der Waals surface area contributed by atoms with Gasteiger partial charge in [0.2, 0.25) is 5.95 Å². The molecule has 0 spiro atoms. The van der Waals surface area contributed by atoms with E-state index in [2.05, 4.69) is 26.1 Å². The minimum Gasteiger partial charge on any atom is -0.454 e. The van der Waals surface area contributed by atoms with E-state index in [0.717, 1.165) is 11.3 Å². The second kappa shape index (κ2) is 8.07. The Morgan fingerprint density at radius 3 is 2.59 bits per heavy atom. The van der Waals surface area contributed by atoms with Crippen LogP contribution >= 0.6 is 11.6 Å². The van der Waals surface area contributed by atoms with Crippen LogP contribution in [0.15, 0.2) is 42.5 Å². The van der Waals surface area contributed by atoms with Crippen molar-refractivity contribution in [1.82, 2.24) is 15.4 Å². The molecule has 1 aromatic heterocycles. The number of aryl methyl sites for hydroxylation is 1. The second-order valence-electron chi connectivity index (χ2n) is 5.66. The van der Waals surface area contributed by atoms with E-state index in [4.69, 9.17) is 22.1 Å². The fourth-order valence-electron chi connectivity index (χ4n) is 2.41. The Kier molecular flexibility index (Phi) is 5.58. The number of nitrogens with two attached hydrogens (primary N) is 1. The first-order valence-corrected chi connectivity index (χ1v) is 8.40. The summed E-state index contributed by atoms with van der Waals surface area (Å²) in [4.78, 5) is 7.76. The maximum absolute atomic E-state index is 14.4. The summed E-state index contributed by atoms with van der Waals surface area (Å²) in [5.41, 5.74) is 13.7. The quantitative estimate of drug-likeness (QED) is 0.370. The predicted octanol–water partition coefficient (Wildman–Crippen LogP) is 4.24. The minimum atomic E-state index is -0.525. The van der Waals surface area contributed by atoms with Crippen molar-refractivity contribution in [3.63, 3.8) is 0 Å². The van der Waals surface area contributed by atoms with Gasteiger partial charge in [0.05, 0.1) is 5.69 Å². The largest absolute Gasteiger partial charge is 0.454 e. The zero-order chi connectivity index (χ0) is 19.4. The molecule has 9 heteroatoms. The van der Waals surface area contributed by atoms with Crippen molar-refractivity contribution in [3.8, 4) is 11.5 Å². The third kappa shape index (κ3) is 4.75. The molecule has 0 bridgehead atoms. The molecule has 2 aromatic carbocycles. The van der Waals surface area contributed by atoms with E-state index < -0.39 is 5.82 Å². The summed E-state index contributed by atoms with van der Waals surface area (Å²) in [6.07, 6.45) is 0. The van der Waals surface area contributed by atoms with Gasteiger partial charge in [0.1, 0.15) is 16.7 Å². The Labute approximate surface area is 160 Å². The van der Waals surface area contributed by atoms with Gasteiger partial charge in [-0.2, -0.15) is 4.98 Å². The highest BCUT2D eigenvalue weighted by Gasteiger charge is 2.09. The van der Waals surface area contributed by atoms with Crippen LogP contribution in [-0.4, -0.2) is 17.0 Å². The first-order chi connectivity index (χ1) is 12.9. The summed E-state index contributed by atoms with van der Waals surface area (Å²) in [6, 6.07) is 11.4. The Morgan fingerprint density at radius 2 is 1.93 bits per heavy atom. The van der Waals surface area contributed by atoms with Gasteiger partial charge in [-0.15, -0.1) is 0 Å². The smallest absolute Gasteiger partial charge is 0.223 e. The van der Waals surface area contributed by atoms with Crippen LogP contribution in [-0.2, 0) is 0 Å². The van der Waals surface area contributed by atoms with Gasteiger partial charge in [-0.1, -0.05) is 11.6 Å². The maximum atomic E-state index is 14.4. The van der Waals surface area contributed by atoms with E-state index in [9.17, 15) is 4.39 Å². The topological polar surface area (TPSA) is 97.1 Å². The monoisotopic (exact) mass is 388 g/mol. The molecule has 3 rings (SSSR count). The number of ether oxygens (including phenoxy) is 1. The zero-order valence-corrected chi connectivity index (χ0v) is 15.4. The Balaban J connectivity index is 1.75. The summed E-state index contributed by atoms with van der Waals surface area (Å²) in [5, 5.41) is 3.11. The number of hydrogen-bond acceptors (Lipinski definition) is 7. The lowest BCUT2D eigenvalue weighted by Crippen LogP contribution is -2.15. The highest BCUT2D eigenvalue weighted by Crippen LogP contribution is 2.30. The van der Waals surface area contributed by atoms with Crippen LogP contribution < -0.4 is 26.6 Å². The molecule has 0 aliphatic heterocycles. The van der Waals surface area contributed by atoms with Crippen LogP contribution in [0.2, 0.25) is 5.15 Å². The molecule has 0 atom stereocenters. The van der Waals surface area contributed by atoms with Gasteiger partial charge in [-0.05, 0) is 42.8 Å². The normalized spacial score (nSPS) is 10.5. The van der Waals surface area contributed by atoms with E-state index in [1.807, 2.05) is 19.1 Å². The second-order valence-corrected chi connectivity index (χ2v) is 6.05. The van der Waals surface area contributed by atoms with Gasteiger partial charge in [0, 0.05) is 24.9 Å². The Morgan fingerprint density at radius 1 is 1.11 bits per heavy atom. The summed E-state index contributed by atoms with van der Waals surface area (Å²) < 4.78 is 20.1. The molecule has 0 saturated carbocycles. The lowest BCUT2D eigenvalue weighted by molar-refractivity contribution is 0.442. The molecule has 0 unspecified atom stereocenters. The molecule has 0 radical (unpaired) electrons. The van der Waals surface area contributed by atoms with Gasteiger partial charge in [-0.3, -0.25) is 0 Å². The van der Waals surface area contributed by atoms with E-state index in [1.54, 1.807) is 19.2 Å². The zero-order valence-electron chi connectivity index (χ0n) is 14.7. The standard InChI is InChI=1S/C18H18ClFN6O/c1-10-7-12(4-5-14(10)26-22-2)27-15-6-3-11(8-13(15)20)23-17-9-16(19)24-18(21)25-17/h3-9,22,26H,1-2H3,(H3,21,23,24,25). The van der Waals surface area contributed by atoms with E-state index in [1.165, 1.54) is 18.2 Å². The number of halogens is 2. The predicted molar refractivity (Wildman–Crippen MR) is 105 cm³/mol. The average Bonchev–Trinajstić information content (AvgIpc) is 2.59. The van der Waals surface area contributed by atoms with Crippen molar-refractivity contribution in [2.75, 3.05) is 23.5 Å². The number of nitrogens with zero attached hydrogens (tertiary/aromatic N) is 2. The molecule has 7 nitrogen and oxygen atoms in total. The average molecular weight is 389 g/mol. The van der Waals surface area contributed by atoms with E-state index in [0.29, 0.717) is 17.3 Å². The summed E-state index contributed by atoms with van der Waals surface area (Å²) >= 11 is 5.83. The third-order valence-electron chi connectivity index (χ3n) is 3.60. The minimum absolute atomic E-state index is 0.0250. The molecule has 3 aromatic rings. The Bertz CT molecular complexity index is 948. The van der Waals surface area contributed by atoms with Crippen molar-refractivity contribution in [2.24, 2.45) is 0 Å². The summed E-state index contributed by atoms with van der Waals surface area (Å²) in [7, 11) is 1.78. The van der Waals surface area contributed by atoms with Crippen LogP contribution in [0.1, 0.15) is 5.56 Å². The first kappa shape index (κ1) is 18.7. The number of aromatic nitrogens is 2. The summed E-state index contributed by atoms with van der Waals surface area (Å²) in [6.45, 7) is 1.93. The van der Waals surface area contributed by atoms with Gasteiger partial charge in [0.15, 0.2) is 11.6 Å². The highest BCUT2D eigenvalue weighted by molar-refractivity contribution is 6.29. The number of hydrazine groups is 1. The van der Waals surface area contributed by atoms with Crippen molar-refractivity contribution >= 4 is 34.7 Å². The van der Waals surface area contributed by atoms with Gasteiger partial charge in [-0.25, -0.2) is 14.8 Å². The van der Waals surface area contributed by atoms with Crippen LogP contribution in [0.5, 0.6) is 11.5 Å². The van der Waals surface area contributed by atoms with Gasteiger partial charge < -0.3 is 21.2 Å². The van der Waals surface area contributed by atoms with Crippen LogP contribution in [0.3, 0.4) is 0 Å². The van der Waals surface area contributed by atoms with Crippen molar-refractivity contribution in [2.45, 2.75) is 6.92 Å². The van der Waals surface area contributed by atoms with Crippen LogP contribution in [0, 0.1) is 12.7 Å². The van der Waals surface area contributed by atoms with E-state index in [-0.39, 0.29) is 16.9 Å². The molecule has 0 aliphatic rings. The van der Waals surface area contributed by atoms with Gasteiger partial charge >= 0.3 is 0 Å². The molecule has 0 fully saturated rings. The Hall–Kier alpha value is -3.10. The fourth-order valence-corrected chi connectivity index (χ4v) is 2.60. The first-order valence-electron chi connectivity index (χ1n) is 8.02. The number of anilines is 4. The molecule has 5 N–H and O–H groups in total. The molecule has 27 heavy (non-hydrogen) atoms. The van der Waals surface area contributed by atoms with Gasteiger partial charge in [0.25, 0.3) is 0 Å². The maximum Gasteiger partial charge on any atom is 0.223 e. The van der Waals surface area contributed by atoms with Crippen LogP contribution in [0.4, 0.5) is 27.5 Å². The fraction of sp³-hybridized carbons (Fsp3) is 0.111. The van der Waals surface area contributed by atoms with Crippen molar-refractivity contribution in [3.05, 3.63) is 59.0 Å². The number of rotatable bonds is 6. The van der Waals surface area contributed by atoms with Crippen LogP contribution in [0.25, 0.3) is 0 Å². The summed E-state index contributed by atoms with van der Waals surface area (Å²) in [5.74, 6) is 0.502. The molecule has 0 saturated heterocycles. The number of nitrogens with one attached hydrogen (secondary N) is 3. The number of hydrogen-bond donors (Lipinski definition) is 4. The SMILES string of the molecule is CNNc1ccc(Oc2ccc(Nc3cc(Cl)nc(N)n3)cc2F)cc1C. The molecule has 140 valence electrons. The molecular formula is C18H18ClFN6O.